The lowest BCUT2D eigenvalue weighted by molar-refractivity contribution is -0.137. The summed E-state index contributed by atoms with van der Waals surface area (Å²) in [5.41, 5.74) is 1.37. The van der Waals surface area contributed by atoms with E-state index in [9.17, 15) is 14.3 Å². The van der Waals surface area contributed by atoms with E-state index >= 15 is 0 Å². The van der Waals surface area contributed by atoms with Crippen LogP contribution in [0.5, 0.6) is 0 Å². The lowest BCUT2D eigenvalue weighted by Crippen LogP contribution is -2.32. The summed E-state index contributed by atoms with van der Waals surface area (Å²) in [6, 6.07) is 1.97. The zero-order valence-corrected chi connectivity index (χ0v) is 22.8. The lowest BCUT2D eigenvalue weighted by atomic mass is 9.91. The fourth-order valence-corrected chi connectivity index (χ4v) is 5.01. The van der Waals surface area contributed by atoms with E-state index in [1.165, 1.54) is 69.1 Å². The van der Waals surface area contributed by atoms with Gasteiger partial charge in [0.2, 0.25) is 0 Å². The number of pyridine rings is 1. The second kappa shape index (κ2) is 17.8. The number of nitrogens with one attached hydrogen (secondary N) is 1. The maximum Gasteiger partial charge on any atom is 0.327 e. The summed E-state index contributed by atoms with van der Waals surface area (Å²) < 4.78 is 13.0. The normalized spacial score (nSPS) is 14.7. The Hall–Kier alpha value is -1.56. The van der Waals surface area contributed by atoms with Crippen LogP contribution in [0.3, 0.4) is 0 Å². The monoisotopic (exact) mass is 494 g/mol. The molecule has 1 heterocycles. The molecule has 0 spiro atoms. The molecule has 0 radical (unpaired) electrons. The van der Waals surface area contributed by atoms with Crippen LogP contribution in [0.25, 0.3) is 0 Å². The van der Waals surface area contributed by atoms with Crippen molar-refractivity contribution in [3.05, 3.63) is 35.8 Å². The Balaban J connectivity index is 2.16. The Morgan fingerprint density at radius 1 is 1.06 bits per heavy atom. The van der Waals surface area contributed by atoms with E-state index in [2.05, 4.69) is 51.0 Å². The van der Waals surface area contributed by atoms with E-state index < -0.39 is 17.8 Å². The van der Waals surface area contributed by atoms with Crippen LogP contribution >= 0.6 is 11.8 Å². The Bertz CT molecular complexity index is 709. The molecular formula is C28H47FN2O2S. The van der Waals surface area contributed by atoms with Gasteiger partial charge in [-0.25, -0.2) is 14.2 Å². The Kier molecular flexibility index (Phi) is 16.0. The highest BCUT2D eigenvalue weighted by atomic mass is 32.2. The zero-order chi connectivity index (χ0) is 25.3. The predicted molar refractivity (Wildman–Crippen MR) is 145 cm³/mol. The van der Waals surface area contributed by atoms with Crippen molar-refractivity contribution in [2.45, 2.75) is 98.4 Å². The number of thioether (sulfide) groups is 1. The van der Waals surface area contributed by atoms with E-state index in [0.29, 0.717) is 11.6 Å². The van der Waals surface area contributed by atoms with Gasteiger partial charge in [0.05, 0.1) is 6.20 Å². The Labute approximate surface area is 211 Å². The number of halogens is 1. The number of aliphatic carboxylic acids is 1. The molecule has 4 nitrogen and oxygen atoms in total. The molecule has 3 unspecified atom stereocenters. The first-order valence-corrected chi connectivity index (χ1v) is 14.2. The van der Waals surface area contributed by atoms with Crippen molar-refractivity contribution < 1.29 is 14.3 Å². The molecule has 34 heavy (non-hydrogen) atoms. The maximum atomic E-state index is 13.0. The molecule has 2 N–H and O–H groups in total. The number of allylic oxidation sites excluding steroid dienone is 1. The number of anilines is 1. The van der Waals surface area contributed by atoms with Crippen LogP contribution < -0.4 is 5.32 Å². The van der Waals surface area contributed by atoms with Crippen molar-refractivity contribution >= 4 is 23.5 Å². The summed E-state index contributed by atoms with van der Waals surface area (Å²) >= 11 is 1.58. The zero-order valence-electron chi connectivity index (χ0n) is 22.0. The van der Waals surface area contributed by atoms with Gasteiger partial charge in [-0.3, -0.25) is 0 Å². The molecular weight excluding hydrogens is 447 g/mol. The summed E-state index contributed by atoms with van der Waals surface area (Å²) in [6.45, 7) is 11.6. The van der Waals surface area contributed by atoms with E-state index in [0.717, 1.165) is 36.1 Å². The third kappa shape index (κ3) is 15.4. The highest BCUT2D eigenvalue weighted by Crippen LogP contribution is 2.22. The van der Waals surface area contributed by atoms with Crippen molar-refractivity contribution in [3.8, 4) is 0 Å². The van der Waals surface area contributed by atoms with E-state index in [-0.39, 0.29) is 0 Å². The number of carboxylic acids is 1. The standard InChI is InChI=1S/C28H47FN2O2S/c1-21(2)9-6-10-22(3)11-7-12-23(4)13-8-14-24(5)17-18-34-20-26(28(32)33)31-27-16-15-25(29)19-30-27/h15-17,19,21-23,26H,6-14,18,20H2,1-5H3,(H,30,31)(H,32,33). The fraction of sp³-hybridized carbons (Fsp3) is 0.714. The summed E-state index contributed by atoms with van der Waals surface area (Å²) in [4.78, 5) is 15.4. The van der Waals surface area contributed by atoms with Gasteiger partial charge in [-0.2, -0.15) is 11.8 Å². The molecule has 0 aliphatic heterocycles. The van der Waals surface area contributed by atoms with Crippen LogP contribution in [0.15, 0.2) is 30.0 Å². The van der Waals surface area contributed by atoms with Gasteiger partial charge < -0.3 is 10.4 Å². The van der Waals surface area contributed by atoms with Gasteiger partial charge in [0, 0.05) is 11.5 Å². The number of aromatic nitrogens is 1. The second-order valence-electron chi connectivity index (χ2n) is 10.3. The molecule has 1 aromatic rings. The highest BCUT2D eigenvalue weighted by molar-refractivity contribution is 7.99. The molecule has 3 atom stereocenters. The number of nitrogens with zero attached hydrogens (tertiary/aromatic N) is 1. The third-order valence-corrected chi connectivity index (χ3v) is 7.29. The molecule has 6 heteroatoms. The average molecular weight is 495 g/mol. The minimum atomic E-state index is -0.932. The van der Waals surface area contributed by atoms with Crippen LogP contribution in [0.4, 0.5) is 10.2 Å². The topological polar surface area (TPSA) is 62.2 Å². The number of hydrogen-bond donors (Lipinski definition) is 2. The molecule has 0 aliphatic rings. The molecule has 1 rings (SSSR count). The number of carbonyl (C=O) groups is 1. The molecule has 0 bridgehead atoms. The van der Waals surface area contributed by atoms with Crippen LogP contribution in [-0.2, 0) is 4.79 Å². The largest absolute Gasteiger partial charge is 0.480 e. The summed E-state index contributed by atoms with van der Waals surface area (Å²) in [7, 11) is 0. The molecule has 1 aromatic heterocycles. The van der Waals surface area contributed by atoms with Crippen LogP contribution in [-0.4, -0.2) is 33.6 Å². The van der Waals surface area contributed by atoms with Gasteiger partial charge in [0.15, 0.2) is 0 Å². The molecule has 0 aromatic carbocycles. The molecule has 0 saturated carbocycles. The van der Waals surface area contributed by atoms with Crippen LogP contribution in [0.1, 0.15) is 92.4 Å². The number of carboxylic acid groups (broad SMARTS) is 1. The van der Waals surface area contributed by atoms with Crippen molar-refractivity contribution in [1.82, 2.24) is 4.98 Å². The Morgan fingerprint density at radius 3 is 2.24 bits per heavy atom. The van der Waals surface area contributed by atoms with Gasteiger partial charge in [-0.05, 0) is 49.7 Å². The maximum absolute atomic E-state index is 13.0. The van der Waals surface area contributed by atoms with Gasteiger partial charge in [-0.1, -0.05) is 84.3 Å². The average Bonchev–Trinajstić information content (AvgIpc) is 2.76. The van der Waals surface area contributed by atoms with Crippen LogP contribution in [0.2, 0.25) is 0 Å². The molecule has 0 aliphatic carbocycles. The molecule has 0 saturated heterocycles. The molecule has 194 valence electrons. The first kappa shape index (κ1) is 30.5. The number of rotatable bonds is 19. The minimum Gasteiger partial charge on any atom is -0.480 e. The molecule has 0 amide bonds. The Morgan fingerprint density at radius 2 is 1.68 bits per heavy atom. The van der Waals surface area contributed by atoms with Gasteiger partial charge in [0.25, 0.3) is 0 Å². The third-order valence-electron chi connectivity index (χ3n) is 6.32. The molecule has 0 fully saturated rings. The van der Waals surface area contributed by atoms with E-state index in [1.807, 2.05) is 0 Å². The van der Waals surface area contributed by atoms with E-state index in [1.54, 1.807) is 11.8 Å². The van der Waals surface area contributed by atoms with Crippen molar-refractivity contribution in [3.63, 3.8) is 0 Å². The summed E-state index contributed by atoms with van der Waals surface area (Å²) in [6.07, 6.45) is 15.0. The summed E-state index contributed by atoms with van der Waals surface area (Å²) in [5, 5.41) is 12.3. The van der Waals surface area contributed by atoms with Gasteiger partial charge in [-0.15, -0.1) is 0 Å². The van der Waals surface area contributed by atoms with Crippen molar-refractivity contribution in [1.29, 1.82) is 0 Å². The lowest BCUT2D eigenvalue weighted by Gasteiger charge is -2.15. The van der Waals surface area contributed by atoms with E-state index in [4.69, 9.17) is 0 Å². The first-order valence-electron chi connectivity index (χ1n) is 13.0. The minimum absolute atomic E-state index is 0.371. The van der Waals surface area contributed by atoms with Gasteiger partial charge in [0.1, 0.15) is 17.7 Å². The second-order valence-corrected chi connectivity index (χ2v) is 11.4. The predicted octanol–water partition coefficient (Wildman–Crippen LogP) is 8.20. The SMILES string of the molecule is CC(=CCSCC(Nc1ccc(F)cn1)C(=O)O)CCCC(C)CCCC(C)CCCC(C)C. The number of hydrogen-bond acceptors (Lipinski definition) is 4. The van der Waals surface area contributed by atoms with Crippen molar-refractivity contribution in [2.24, 2.45) is 17.8 Å². The quantitative estimate of drug-likeness (QED) is 0.150. The van der Waals surface area contributed by atoms with Crippen molar-refractivity contribution in [2.75, 3.05) is 16.8 Å². The summed E-state index contributed by atoms with van der Waals surface area (Å²) in [5.74, 6) is 2.68. The first-order chi connectivity index (χ1) is 16.2. The smallest absolute Gasteiger partial charge is 0.327 e. The van der Waals surface area contributed by atoms with Gasteiger partial charge >= 0.3 is 5.97 Å². The van der Waals surface area contributed by atoms with Crippen LogP contribution in [0, 0.1) is 23.6 Å². The fourth-order valence-electron chi connectivity index (χ4n) is 4.01. The highest BCUT2D eigenvalue weighted by Gasteiger charge is 2.17.